The van der Waals surface area contributed by atoms with E-state index in [0.717, 1.165) is 24.6 Å². The maximum Gasteiger partial charge on any atom is 0.195 e. The number of likely N-dealkylation sites (tertiary alicyclic amines) is 1. The first-order valence-electron chi connectivity index (χ1n) is 6.14. The zero-order valence-electron chi connectivity index (χ0n) is 10.2. The molecule has 90 valence electrons. The largest absolute Gasteiger partial charge is 0.444 e. The van der Waals surface area contributed by atoms with E-state index in [1.807, 2.05) is 13.2 Å². The Bertz CT molecular complexity index is 318. The van der Waals surface area contributed by atoms with Gasteiger partial charge in [-0.05, 0) is 39.9 Å². The van der Waals surface area contributed by atoms with Crippen molar-refractivity contribution in [2.75, 3.05) is 26.7 Å². The zero-order valence-corrected chi connectivity index (χ0v) is 10.2. The van der Waals surface area contributed by atoms with Crippen molar-refractivity contribution in [3.63, 3.8) is 0 Å². The average molecular weight is 223 g/mol. The van der Waals surface area contributed by atoms with E-state index in [1.165, 1.54) is 25.9 Å². The molecule has 1 aromatic rings. The quantitative estimate of drug-likeness (QED) is 0.823. The van der Waals surface area contributed by atoms with Gasteiger partial charge in [-0.3, -0.25) is 0 Å². The number of rotatable bonds is 5. The van der Waals surface area contributed by atoms with Gasteiger partial charge in [0.1, 0.15) is 5.76 Å². The number of aromatic nitrogens is 1. The number of oxazole rings is 1. The smallest absolute Gasteiger partial charge is 0.195 e. The van der Waals surface area contributed by atoms with Gasteiger partial charge in [0, 0.05) is 13.0 Å². The molecule has 1 aromatic heterocycles. The third-order valence-corrected chi connectivity index (χ3v) is 3.27. The van der Waals surface area contributed by atoms with Gasteiger partial charge in [-0.2, -0.15) is 0 Å². The van der Waals surface area contributed by atoms with Crippen LogP contribution >= 0.6 is 0 Å². The van der Waals surface area contributed by atoms with Gasteiger partial charge < -0.3 is 14.6 Å². The highest BCUT2D eigenvalue weighted by molar-refractivity contribution is 4.99. The second kappa shape index (κ2) is 5.46. The molecule has 0 aromatic carbocycles. The maximum absolute atomic E-state index is 5.70. The van der Waals surface area contributed by atoms with E-state index < -0.39 is 0 Å². The Morgan fingerprint density at radius 3 is 2.94 bits per heavy atom. The Morgan fingerprint density at radius 1 is 1.50 bits per heavy atom. The summed E-state index contributed by atoms with van der Waals surface area (Å²) in [7, 11) is 1.93. The zero-order chi connectivity index (χ0) is 11.4. The van der Waals surface area contributed by atoms with Gasteiger partial charge >= 0.3 is 0 Å². The molecule has 1 fully saturated rings. The molecule has 1 atom stereocenters. The summed E-state index contributed by atoms with van der Waals surface area (Å²) in [5, 5.41) is 3.15. The van der Waals surface area contributed by atoms with E-state index in [4.69, 9.17) is 4.42 Å². The van der Waals surface area contributed by atoms with Gasteiger partial charge in [0.05, 0.1) is 12.2 Å². The summed E-state index contributed by atoms with van der Waals surface area (Å²) in [6.45, 7) is 5.62. The molecule has 0 bridgehead atoms. The van der Waals surface area contributed by atoms with Crippen LogP contribution in [0.3, 0.4) is 0 Å². The lowest BCUT2D eigenvalue weighted by molar-refractivity contribution is 0.322. The van der Waals surface area contributed by atoms with Crippen LogP contribution in [0.25, 0.3) is 0 Å². The van der Waals surface area contributed by atoms with Crippen LogP contribution in [-0.4, -0.2) is 36.6 Å². The van der Waals surface area contributed by atoms with Crippen molar-refractivity contribution in [1.82, 2.24) is 15.2 Å². The van der Waals surface area contributed by atoms with Gasteiger partial charge in [-0.15, -0.1) is 0 Å². The number of nitrogens with one attached hydrogen (secondary N) is 1. The van der Waals surface area contributed by atoms with E-state index in [-0.39, 0.29) is 6.04 Å². The lowest BCUT2D eigenvalue weighted by Gasteiger charge is -2.12. The third-order valence-electron chi connectivity index (χ3n) is 3.27. The number of hydrogen-bond acceptors (Lipinski definition) is 4. The Morgan fingerprint density at radius 2 is 2.25 bits per heavy atom. The molecule has 4 nitrogen and oxygen atoms in total. The highest BCUT2D eigenvalue weighted by atomic mass is 16.4. The van der Waals surface area contributed by atoms with Crippen LogP contribution in [0.2, 0.25) is 0 Å². The first kappa shape index (κ1) is 11.6. The van der Waals surface area contributed by atoms with Gasteiger partial charge in [0.15, 0.2) is 5.89 Å². The molecule has 4 heteroatoms. The number of nitrogens with zero attached hydrogens (tertiary/aromatic N) is 2. The van der Waals surface area contributed by atoms with Crippen molar-refractivity contribution in [3.8, 4) is 0 Å². The van der Waals surface area contributed by atoms with E-state index in [0.29, 0.717) is 0 Å². The van der Waals surface area contributed by atoms with Crippen LogP contribution in [-0.2, 0) is 6.42 Å². The predicted molar refractivity (Wildman–Crippen MR) is 63.4 cm³/mol. The molecule has 2 heterocycles. The Hall–Kier alpha value is -0.870. The summed E-state index contributed by atoms with van der Waals surface area (Å²) in [6, 6.07) is 0.244. The molecule has 1 N–H and O–H groups in total. The molecule has 2 rings (SSSR count). The molecule has 0 spiro atoms. The van der Waals surface area contributed by atoms with Crippen LogP contribution in [0.1, 0.15) is 37.5 Å². The summed E-state index contributed by atoms with van der Waals surface area (Å²) in [5.41, 5.74) is 0. The second-order valence-corrected chi connectivity index (χ2v) is 4.47. The summed E-state index contributed by atoms with van der Waals surface area (Å²) in [6.07, 6.45) is 5.44. The fraction of sp³-hybridized carbons (Fsp3) is 0.750. The topological polar surface area (TPSA) is 41.3 Å². The van der Waals surface area contributed by atoms with Crippen LogP contribution < -0.4 is 5.32 Å². The first-order chi connectivity index (χ1) is 7.79. The Labute approximate surface area is 97.0 Å². The van der Waals surface area contributed by atoms with Crippen molar-refractivity contribution in [2.24, 2.45) is 0 Å². The number of hydrogen-bond donors (Lipinski definition) is 1. The van der Waals surface area contributed by atoms with Gasteiger partial charge in [-0.25, -0.2) is 4.98 Å². The SMILES string of the molecule is CNC(C)c1cnc(CCN2CCCC2)o1. The molecule has 1 saturated heterocycles. The monoisotopic (exact) mass is 223 g/mol. The average Bonchev–Trinajstić information content (AvgIpc) is 2.96. The summed E-state index contributed by atoms with van der Waals surface area (Å²) < 4.78 is 5.70. The molecule has 0 radical (unpaired) electrons. The molecule has 16 heavy (non-hydrogen) atoms. The van der Waals surface area contributed by atoms with E-state index in [1.54, 1.807) is 0 Å². The van der Waals surface area contributed by atoms with Gasteiger partial charge in [-0.1, -0.05) is 0 Å². The Kier molecular flexibility index (Phi) is 3.96. The van der Waals surface area contributed by atoms with Crippen molar-refractivity contribution >= 4 is 0 Å². The second-order valence-electron chi connectivity index (χ2n) is 4.47. The van der Waals surface area contributed by atoms with E-state index >= 15 is 0 Å². The van der Waals surface area contributed by atoms with Crippen molar-refractivity contribution in [2.45, 2.75) is 32.2 Å². The van der Waals surface area contributed by atoms with Gasteiger partial charge in [0.25, 0.3) is 0 Å². The molecule has 1 unspecified atom stereocenters. The molecular weight excluding hydrogens is 202 g/mol. The summed E-state index contributed by atoms with van der Waals surface area (Å²) in [4.78, 5) is 6.79. The van der Waals surface area contributed by atoms with E-state index in [9.17, 15) is 0 Å². The molecule has 0 aliphatic carbocycles. The van der Waals surface area contributed by atoms with Crippen molar-refractivity contribution in [3.05, 3.63) is 17.8 Å². The van der Waals surface area contributed by atoms with Crippen LogP contribution in [0.4, 0.5) is 0 Å². The van der Waals surface area contributed by atoms with Crippen LogP contribution in [0, 0.1) is 0 Å². The summed E-state index contributed by atoms with van der Waals surface area (Å²) >= 11 is 0. The minimum Gasteiger partial charge on any atom is -0.444 e. The predicted octanol–water partition coefficient (Wildman–Crippen LogP) is 1.59. The molecule has 0 saturated carbocycles. The van der Waals surface area contributed by atoms with Gasteiger partial charge in [0.2, 0.25) is 0 Å². The third kappa shape index (κ3) is 2.83. The summed E-state index contributed by atoms with van der Waals surface area (Å²) in [5.74, 6) is 1.79. The lowest BCUT2D eigenvalue weighted by Crippen LogP contribution is -2.22. The first-order valence-corrected chi connectivity index (χ1v) is 6.14. The highest BCUT2D eigenvalue weighted by Crippen LogP contribution is 2.14. The minimum absolute atomic E-state index is 0.244. The van der Waals surface area contributed by atoms with E-state index in [2.05, 4.69) is 22.1 Å². The van der Waals surface area contributed by atoms with Crippen LogP contribution in [0.15, 0.2) is 10.6 Å². The van der Waals surface area contributed by atoms with Crippen LogP contribution in [0.5, 0.6) is 0 Å². The Balaban J connectivity index is 1.82. The fourth-order valence-corrected chi connectivity index (χ4v) is 2.04. The molecule has 1 aliphatic heterocycles. The van der Waals surface area contributed by atoms with Crippen molar-refractivity contribution < 1.29 is 4.42 Å². The highest BCUT2D eigenvalue weighted by Gasteiger charge is 2.13. The molecule has 1 aliphatic rings. The lowest BCUT2D eigenvalue weighted by atomic mass is 10.3. The minimum atomic E-state index is 0.244. The molecular formula is C12H21N3O. The molecule has 0 amide bonds. The normalized spacial score (nSPS) is 19.1. The standard InChI is InChI=1S/C12H21N3O/c1-10(13-2)11-9-14-12(16-11)5-8-15-6-3-4-7-15/h9-10,13H,3-8H2,1-2H3. The maximum atomic E-state index is 5.70. The van der Waals surface area contributed by atoms with Crippen molar-refractivity contribution in [1.29, 1.82) is 0 Å². The fourth-order valence-electron chi connectivity index (χ4n) is 2.04.